The molecule has 2 aromatic heterocycles. The summed E-state index contributed by atoms with van der Waals surface area (Å²) in [5.41, 5.74) is 3.31. The van der Waals surface area contributed by atoms with Crippen molar-refractivity contribution < 1.29 is 14.0 Å². The Bertz CT molecular complexity index is 2120. The van der Waals surface area contributed by atoms with Crippen LogP contribution in [0.4, 0.5) is 17.1 Å². The van der Waals surface area contributed by atoms with Gasteiger partial charge in [-0.3, -0.25) is 14.4 Å². The van der Waals surface area contributed by atoms with Crippen LogP contribution in [0.3, 0.4) is 0 Å². The molecule has 226 valence electrons. The molecule has 10 heteroatoms. The first-order valence-electron chi connectivity index (χ1n) is 14.7. The minimum atomic E-state index is -0.757. The van der Waals surface area contributed by atoms with Crippen molar-refractivity contribution in [3.63, 3.8) is 0 Å². The Morgan fingerprint density at radius 3 is 2.53 bits per heavy atom. The average Bonchev–Trinajstić information content (AvgIpc) is 3.03. The number of piperidine rings is 1. The first kappa shape index (κ1) is 28.6. The van der Waals surface area contributed by atoms with Crippen molar-refractivity contribution in [2.45, 2.75) is 25.8 Å². The van der Waals surface area contributed by atoms with E-state index in [0.717, 1.165) is 17.7 Å². The highest BCUT2D eigenvalue weighted by atomic mass is 35.5. The highest BCUT2D eigenvalue weighted by Gasteiger charge is 2.35. The summed E-state index contributed by atoms with van der Waals surface area (Å²) in [5, 5.41) is 6.93. The second kappa shape index (κ2) is 11.4. The number of carbonyl (C=O) groups excluding carboxylic acids is 2. The average molecular weight is 621 g/mol. The number of fused-ring (bicyclic) bond motifs is 5. The summed E-state index contributed by atoms with van der Waals surface area (Å²) >= 11 is 6.17. The molecule has 2 N–H and O–H groups in total. The largest absolute Gasteiger partial charge is 0.422 e. The second-order valence-electron chi connectivity index (χ2n) is 11.7. The number of carbonyl (C=O) groups is 2. The van der Waals surface area contributed by atoms with Gasteiger partial charge in [0.25, 0.3) is 17.4 Å². The number of para-hydroxylation sites is 1. The van der Waals surface area contributed by atoms with Crippen LogP contribution in [0, 0.1) is 12.8 Å². The van der Waals surface area contributed by atoms with Gasteiger partial charge in [0, 0.05) is 59.0 Å². The van der Waals surface area contributed by atoms with E-state index in [1.807, 2.05) is 29.7 Å². The number of rotatable bonds is 5. The van der Waals surface area contributed by atoms with Crippen LogP contribution in [0.15, 0.2) is 98.9 Å². The number of nitrogens with one attached hydrogen (secondary N) is 2. The molecule has 2 atom stereocenters. The maximum Gasteiger partial charge on any atom is 0.349 e. The lowest BCUT2D eigenvalue weighted by molar-refractivity contribution is 0.101. The van der Waals surface area contributed by atoms with E-state index in [1.165, 1.54) is 6.07 Å². The number of halogens is 1. The Balaban J connectivity index is 1.25. The van der Waals surface area contributed by atoms with Gasteiger partial charge >= 0.3 is 5.63 Å². The third kappa shape index (κ3) is 5.51. The molecule has 7 rings (SSSR count). The maximum atomic E-state index is 13.6. The van der Waals surface area contributed by atoms with Crippen LogP contribution in [0.2, 0.25) is 5.02 Å². The van der Waals surface area contributed by atoms with Crippen LogP contribution in [0.1, 0.15) is 44.3 Å². The van der Waals surface area contributed by atoms with E-state index >= 15 is 0 Å². The molecule has 2 aliphatic rings. The van der Waals surface area contributed by atoms with Gasteiger partial charge in [0.2, 0.25) is 0 Å². The molecule has 45 heavy (non-hydrogen) atoms. The molecule has 9 nitrogen and oxygen atoms in total. The predicted octanol–water partition coefficient (Wildman–Crippen LogP) is 6.04. The minimum Gasteiger partial charge on any atom is -0.422 e. The molecule has 0 radical (unpaired) electrons. The summed E-state index contributed by atoms with van der Waals surface area (Å²) in [6.07, 6.45) is 0.958. The van der Waals surface area contributed by atoms with Crippen molar-refractivity contribution in [2.24, 2.45) is 5.92 Å². The zero-order valence-electron chi connectivity index (χ0n) is 24.4. The highest BCUT2D eigenvalue weighted by molar-refractivity contribution is 6.31. The molecule has 2 bridgehead atoms. The van der Waals surface area contributed by atoms with E-state index in [4.69, 9.17) is 16.0 Å². The molecule has 2 aliphatic heterocycles. The number of aromatic nitrogens is 1. The number of hydrogen-bond acceptors (Lipinski definition) is 6. The lowest BCUT2D eigenvalue weighted by atomic mass is 9.83. The molecule has 4 heterocycles. The monoisotopic (exact) mass is 620 g/mol. The van der Waals surface area contributed by atoms with Crippen LogP contribution in [0.25, 0.3) is 11.0 Å². The van der Waals surface area contributed by atoms with Crippen molar-refractivity contribution in [2.75, 3.05) is 28.6 Å². The van der Waals surface area contributed by atoms with Gasteiger partial charge in [0.05, 0.1) is 11.4 Å². The molecule has 0 aliphatic carbocycles. The molecular weight excluding hydrogens is 592 g/mol. The number of pyridine rings is 1. The van der Waals surface area contributed by atoms with E-state index in [2.05, 4.69) is 15.5 Å². The van der Waals surface area contributed by atoms with Gasteiger partial charge in [0.1, 0.15) is 11.1 Å². The minimum absolute atomic E-state index is 0.00289. The Morgan fingerprint density at radius 1 is 0.844 bits per heavy atom. The van der Waals surface area contributed by atoms with E-state index < -0.39 is 11.5 Å². The fourth-order valence-corrected chi connectivity index (χ4v) is 6.65. The summed E-state index contributed by atoms with van der Waals surface area (Å²) < 4.78 is 7.28. The van der Waals surface area contributed by atoms with E-state index in [-0.39, 0.29) is 28.9 Å². The van der Waals surface area contributed by atoms with Crippen molar-refractivity contribution in [1.29, 1.82) is 0 Å². The Morgan fingerprint density at radius 2 is 1.67 bits per heavy atom. The molecular formula is C35H29ClN4O5. The third-order valence-electron chi connectivity index (χ3n) is 8.66. The molecule has 2 unspecified atom stereocenters. The first-order chi connectivity index (χ1) is 21.7. The molecule has 5 aromatic rings. The normalized spacial score (nSPS) is 17.1. The van der Waals surface area contributed by atoms with Crippen molar-refractivity contribution in [3.8, 4) is 0 Å². The standard InChI is InChI=1S/C35H29ClN4O5/c1-20-9-11-25(36)16-27(20)37-33(42)23-10-12-30(39-17-21-13-24(19-39)29-6-4-8-32(41)40(29)18-21)28(15-23)38-34(43)26-14-22-5-2-3-7-31(22)45-35(26)44/h2-12,14-16,21,24H,13,17-19H2,1H3,(H,37,42)(H,38,43). The SMILES string of the molecule is Cc1ccc(Cl)cc1NC(=O)c1ccc(N2CC3CC(C2)c2cccc(=O)n2C3)c(NC(=O)c2cc3ccccc3oc2=O)c1. The zero-order valence-corrected chi connectivity index (χ0v) is 25.1. The van der Waals surface area contributed by atoms with Gasteiger partial charge in [-0.15, -0.1) is 0 Å². The predicted molar refractivity (Wildman–Crippen MR) is 175 cm³/mol. The van der Waals surface area contributed by atoms with Crippen LogP contribution in [-0.2, 0) is 6.54 Å². The second-order valence-corrected chi connectivity index (χ2v) is 12.1. The van der Waals surface area contributed by atoms with Crippen LogP contribution in [-0.4, -0.2) is 29.5 Å². The highest BCUT2D eigenvalue weighted by Crippen LogP contribution is 2.39. The van der Waals surface area contributed by atoms with E-state index in [0.29, 0.717) is 58.3 Å². The number of anilines is 3. The maximum absolute atomic E-state index is 13.6. The van der Waals surface area contributed by atoms with Gasteiger partial charge in [-0.05, 0) is 73.4 Å². The van der Waals surface area contributed by atoms with Crippen molar-refractivity contribution in [3.05, 3.63) is 133 Å². The fraction of sp³-hybridized carbons (Fsp3) is 0.200. The number of hydrogen-bond donors (Lipinski definition) is 2. The lowest BCUT2D eigenvalue weighted by Crippen LogP contribution is -2.47. The van der Waals surface area contributed by atoms with Crippen molar-refractivity contribution >= 4 is 51.4 Å². The smallest absolute Gasteiger partial charge is 0.349 e. The summed E-state index contributed by atoms with van der Waals surface area (Å²) in [6.45, 7) is 3.76. The Labute approximate surface area is 263 Å². The number of aryl methyl sites for hydroxylation is 1. The van der Waals surface area contributed by atoms with Gasteiger partial charge in [-0.1, -0.05) is 41.9 Å². The summed E-state index contributed by atoms with van der Waals surface area (Å²) in [7, 11) is 0. The molecule has 0 spiro atoms. The van der Waals surface area contributed by atoms with Gasteiger partial charge in [0.15, 0.2) is 0 Å². The molecule has 1 saturated heterocycles. The summed E-state index contributed by atoms with van der Waals surface area (Å²) in [5.74, 6) is -0.679. The Kier molecular flexibility index (Phi) is 7.25. The fourth-order valence-electron chi connectivity index (χ4n) is 6.48. The van der Waals surface area contributed by atoms with Gasteiger partial charge in [-0.25, -0.2) is 4.79 Å². The summed E-state index contributed by atoms with van der Waals surface area (Å²) in [6, 6.07) is 24.3. The van der Waals surface area contributed by atoms with Gasteiger partial charge in [-0.2, -0.15) is 0 Å². The summed E-state index contributed by atoms with van der Waals surface area (Å²) in [4.78, 5) is 54.6. The van der Waals surface area contributed by atoms with Crippen LogP contribution >= 0.6 is 11.6 Å². The quantitative estimate of drug-likeness (QED) is 0.232. The van der Waals surface area contributed by atoms with E-state index in [1.54, 1.807) is 60.7 Å². The molecule has 1 fully saturated rings. The lowest BCUT2D eigenvalue weighted by Gasteiger charge is -2.44. The topological polar surface area (TPSA) is 114 Å². The van der Waals surface area contributed by atoms with Crippen molar-refractivity contribution in [1.82, 2.24) is 4.57 Å². The number of benzene rings is 3. The van der Waals surface area contributed by atoms with E-state index in [9.17, 15) is 19.2 Å². The van der Waals surface area contributed by atoms with Crippen LogP contribution in [0.5, 0.6) is 0 Å². The van der Waals surface area contributed by atoms with Gasteiger partial charge < -0.3 is 24.5 Å². The Hall–Kier alpha value is -5.15. The molecule has 3 aromatic carbocycles. The molecule has 2 amide bonds. The van der Waals surface area contributed by atoms with Crippen LogP contribution < -0.4 is 26.7 Å². The zero-order chi connectivity index (χ0) is 31.2. The number of amides is 2. The first-order valence-corrected chi connectivity index (χ1v) is 15.1. The molecule has 0 saturated carbocycles. The number of nitrogens with zero attached hydrogens (tertiary/aromatic N) is 2. The third-order valence-corrected chi connectivity index (χ3v) is 8.90.